The third-order valence-corrected chi connectivity index (χ3v) is 21.2. The fourth-order valence-electron chi connectivity index (χ4n) is 18.4. The number of hydrogen-bond acceptors (Lipinski definition) is 1. The predicted octanol–water partition coefficient (Wildman–Crippen LogP) is 18.8. The standard InChI is InChI=1S/C75H48N4/c1-74(2,3)40-30-50-48-33-59-49(34-58(48)78-60-29-39(36-76)64-65-43-17-5-7-19-45(43)66(46-20-8-6-18-44(46)65)70(64)68(60)52(31-40)72(50)78)51-32-56-67(71-69-61(79(59)73(51)71)35-57(77-4)62-37-25-27-38(28-26-37)63(62)69)47-21-11-14-24-55(47)75(56)53-22-12-9-15-41(53)42-16-10-13-23-54(42)75/h5-24,29-35,37-38,65-66H,25-28H2,1-3H3. The highest BCUT2D eigenvalue weighted by molar-refractivity contribution is 6.33. The van der Waals surface area contributed by atoms with E-state index in [4.69, 9.17) is 6.57 Å². The molecule has 14 aromatic rings. The molecule has 4 heteroatoms. The van der Waals surface area contributed by atoms with E-state index in [0.29, 0.717) is 11.8 Å². The van der Waals surface area contributed by atoms with Gasteiger partial charge in [-0.3, -0.25) is 0 Å². The van der Waals surface area contributed by atoms with Crippen molar-refractivity contribution in [1.29, 1.82) is 5.26 Å². The normalized spacial score (nSPS) is 19.5. The summed E-state index contributed by atoms with van der Waals surface area (Å²) < 4.78 is 5.17. The lowest BCUT2D eigenvalue weighted by atomic mass is 9.59. The second-order valence-electron chi connectivity index (χ2n) is 25.3. The van der Waals surface area contributed by atoms with Gasteiger partial charge in [-0.1, -0.05) is 142 Å². The average molecular weight is 1010 g/mol. The molecule has 0 amide bonds. The predicted molar refractivity (Wildman–Crippen MR) is 320 cm³/mol. The molecule has 368 valence electrons. The molecule has 22 rings (SSSR count). The molecule has 4 nitrogen and oxygen atoms in total. The van der Waals surface area contributed by atoms with Gasteiger partial charge in [-0.05, 0) is 180 Å². The molecule has 8 aliphatic carbocycles. The summed E-state index contributed by atoms with van der Waals surface area (Å²) in [4.78, 5) is 4.45. The molecule has 0 saturated heterocycles. The van der Waals surface area contributed by atoms with Crippen LogP contribution >= 0.6 is 0 Å². The van der Waals surface area contributed by atoms with Gasteiger partial charge in [0.2, 0.25) is 0 Å². The molecule has 4 heterocycles. The van der Waals surface area contributed by atoms with Crippen LogP contribution in [0.4, 0.5) is 5.69 Å². The Morgan fingerprint density at radius 3 is 1.58 bits per heavy atom. The van der Waals surface area contributed by atoms with Crippen LogP contribution in [0.15, 0.2) is 164 Å². The lowest BCUT2D eigenvalue weighted by molar-refractivity contribution is 0.362. The maximum atomic E-state index is 11.5. The molecule has 1 fully saturated rings. The molecule has 79 heavy (non-hydrogen) atoms. The summed E-state index contributed by atoms with van der Waals surface area (Å²) in [7, 11) is 0. The Bertz CT molecular complexity index is 5260. The molecule has 1 saturated carbocycles. The van der Waals surface area contributed by atoms with Crippen molar-refractivity contribution in [3.05, 3.63) is 253 Å². The SMILES string of the molecule is [C-]#[N+]c1cc2c(c3c1C1CCC3CC1)c1c3c(cc4c5cc6c(cc5n2c41)c1cc(C(C)(C)C)cc2c4c5c(c(C#N)cc4n6c12)C1c2ccccc2C5c2ccccc21)C1(c2ccccc2-c2ccccc21)c1ccccc1-3. The van der Waals surface area contributed by atoms with Crippen LogP contribution in [0.1, 0.15) is 148 Å². The zero-order chi connectivity index (χ0) is 51.9. The van der Waals surface area contributed by atoms with E-state index in [9.17, 15) is 5.26 Å². The zero-order valence-electron chi connectivity index (χ0n) is 44.0. The number of fused-ring (bicyclic) bond motifs is 25. The number of hydrogen-bond donors (Lipinski definition) is 0. The van der Waals surface area contributed by atoms with Crippen LogP contribution in [0.2, 0.25) is 0 Å². The third kappa shape index (κ3) is 4.48. The van der Waals surface area contributed by atoms with Gasteiger partial charge in [-0.25, -0.2) is 4.85 Å². The molecule has 0 unspecified atom stereocenters. The van der Waals surface area contributed by atoms with Crippen LogP contribution in [-0.2, 0) is 10.8 Å². The third-order valence-electron chi connectivity index (χ3n) is 21.2. The number of benzene rings is 10. The van der Waals surface area contributed by atoms with E-state index < -0.39 is 5.41 Å². The van der Waals surface area contributed by atoms with Gasteiger partial charge in [0.15, 0.2) is 5.69 Å². The molecule has 0 N–H and O–H groups in total. The van der Waals surface area contributed by atoms with Crippen molar-refractivity contribution >= 4 is 81.9 Å². The molecule has 1 spiro atoms. The van der Waals surface area contributed by atoms with Crippen molar-refractivity contribution in [3.8, 4) is 28.3 Å². The smallest absolute Gasteiger partial charge is 0.193 e. The van der Waals surface area contributed by atoms with Crippen LogP contribution in [0.5, 0.6) is 0 Å². The van der Waals surface area contributed by atoms with E-state index in [1.54, 1.807) is 0 Å². The first-order chi connectivity index (χ1) is 38.8. The Balaban J connectivity index is 0.998. The Hall–Kier alpha value is -9.22. The Morgan fingerprint density at radius 2 is 0.987 bits per heavy atom. The second kappa shape index (κ2) is 13.5. The maximum Gasteiger partial charge on any atom is 0.193 e. The lowest BCUT2D eigenvalue weighted by Gasteiger charge is -2.43. The zero-order valence-corrected chi connectivity index (χ0v) is 44.0. The minimum absolute atomic E-state index is 0.00499. The van der Waals surface area contributed by atoms with Crippen LogP contribution in [-0.4, -0.2) is 8.80 Å². The fraction of sp³-hybridized carbons (Fsp3) is 0.173. The molecule has 0 atom stereocenters. The summed E-state index contributed by atoms with van der Waals surface area (Å²) in [5, 5.41) is 21.7. The van der Waals surface area contributed by atoms with E-state index in [1.165, 1.54) is 191 Å². The first kappa shape index (κ1) is 41.9. The van der Waals surface area contributed by atoms with Gasteiger partial charge >= 0.3 is 0 Å². The van der Waals surface area contributed by atoms with Crippen molar-refractivity contribution in [2.45, 2.75) is 81.0 Å². The van der Waals surface area contributed by atoms with Crippen LogP contribution in [0.25, 0.3) is 103 Å². The number of nitriles is 1. The highest BCUT2D eigenvalue weighted by Crippen LogP contribution is 2.67. The van der Waals surface area contributed by atoms with Gasteiger partial charge in [0.05, 0.1) is 51.2 Å². The van der Waals surface area contributed by atoms with E-state index >= 15 is 0 Å². The second-order valence-corrected chi connectivity index (χ2v) is 25.3. The molecular weight excluding hydrogens is 957 g/mol. The topological polar surface area (TPSA) is 37.0 Å². The first-order valence-electron chi connectivity index (χ1n) is 28.6. The Labute approximate surface area is 455 Å². The van der Waals surface area contributed by atoms with Crippen molar-refractivity contribution in [2.75, 3.05) is 0 Å². The number of rotatable bonds is 0. The Morgan fingerprint density at radius 1 is 0.481 bits per heavy atom. The van der Waals surface area contributed by atoms with Gasteiger partial charge in [-0.15, -0.1) is 0 Å². The van der Waals surface area contributed by atoms with Gasteiger partial charge in [0.1, 0.15) is 0 Å². The summed E-state index contributed by atoms with van der Waals surface area (Å²) in [5.74, 6) is 0.833. The van der Waals surface area contributed by atoms with Crippen molar-refractivity contribution in [3.63, 3.8) is 0 Å². The van der Waals surface area contributed by atoms with Crippen molar-refractivity contribution in [1.82, 2.24) is 8.80 Å². The fourth-order valence-corrected chi connectivity index (χ4v) is 18.4. The molecule has 10 aromatic carbocycles. The van der Waals surface area contributed by atoms with Crippen molar-refractivity contribution in [2.24, 2.45) is 0 Å². The highest BCUT2D eigenvalue weighted by Gasteiger charge is 2.53. The molecular formula is C75H48N4. The first-order valence-corrected chi connectivity index (χ1v) is 28.6. The van der Waals surface area contributed by atoms with Gasteiger partial charge in [-0.2, -0.15) is 5.26 Å². The lowest BCUT2D eigenvalue weighted by Crippen LogP contribution is -2.28. The van der Waals surface area contributed by atoms with Crippen LogP contribution in [0, 0.1) is 17.9 Å². The summed E-state index contributed by atoms with van der Waals surface area (Å²) in [6, 6.07) is 65.8. The van der Waals surface area contributed by atoms with Crippen molar-refractivity contribution < 1.29 is 0 Å². The van der Waals surface area contributed by atoms with Crippen LogP contribution < -0.4 is 0 Å². The minimum atomic E-state index is -0.529. The van der Waals surface area contributed by atoms with E-state index in [0.717, 1.165) is 16.8 Å². The van der Waals surface area contributed by atoms with Crippen LogP contribution in [0.3, 0.4) is 0 Å². The average Bonchev–Trinajstić information content (AvgIpc) is 3.89. The largest absolute Gasteiger partial charge is 0.309 e. The summed E-state index contributed by atoms with van der Waals surface area (Å²) >= 11 is 0. The summed E-state index contributed by atoms with van der Waals surface area (Å²) in [6.45, 7) is 15.9. The molecule has 4 bridgehead atoms. The number of aromatic nitrogens is 2. The molecule has 4 aromatic heterocycles. The van der Waals surface area contributed by atoms with Gasteiger partial charge in [0.25, 0.3) is 0 Å². The maximum absolute atomic E-state index is 11.5. The molecule has 0 aliphatic heterocycles. The van der Waals surface area contributed by atoms with E-state index in [2.05, 4.69) is 204 Å². The molecule has 8 aliphatic rings. The van der Waals surface area contributed by atoms with E-state index in [-0.39, 0.29) is 17.3 Å². The summed E-state index contributed by atoms with van der Waals surface area (Å²) in [5.41, 5.74) is 30.7. The highest BCUT2D eigenvalue weighted by atomic mass is 14.9. The molecule has 0 radical (unpaired) electrons. The monoisotopic (exact) mass is 1000 g/mol. The Kier molecular flexibility index (Phi) is 7.18. The van der Waals surface area contributed by atoms with Gasteiger partial charge < -0.3 is 8.80 Å². The number of nitrogens with zero attached hydrogens (tertiary/aromatic N) is 4. The summed E-state index contributed by atoms with van der Waals surface area (Å²) in [6.07, 6.45) is 4.69. The minimum Gasteiger partial charge on any atom is -0.309 e. The quantitative estimate of drug-likeness (QED) is 0.140. The van der Waals surface area contributed by atoms with E-state index in [1.807, 2.05) is 0 Å². The van der Waals surface area contributed by atoms with Gasteiger partial charge in [0, 0.05) is 60.4 Å².